The van der Waals surface area contributed by atoms with E-state index in [1.807, 2.05) is 55.5 Å². The Morgan fingerprint density at radius 3 is 2.43 bits per heavy atom. The zero-order valence-corrected chi connectivity index (χ0v) is 17.4. The molecule has 6 heteroatoms. The average Bonchev–Trinajstić information content (AvgIpc) is 2.98. The summed E-state index contributed by atoms with van der Waals surface area (Å²) in [5.41, 5.74) is 2.90. The topological polar surface area (TPSA) is 51.1 Å². The molecule has 0 spiro atoms. The summed E-state index contributed by atoms with van der Waals surface area (Å²) < 4.78 is 10.6. The lowest BCUT2D eigenvalue weighted by molar-refractivity contribution is -0.122. The first kappa shape index (κ1) is 20.0. The summed E-state index contributed by atoms with van der Waals surface area (Å²) in [5, 5.41) is 0.711. The maximum Gasteiger partial charge on any atom is 0.266 e. The van der Waals surface area contributed by atoms with E-state index in [1.165, 1.54) is 17.3 Å². The van der Waals surface area contributed by atoms with Crippen LogP contribution < -0.4 is 9.47 Å². The lowest BCUT2D eigenvalue weighted by atomic mass is 10.2. The maximum atomic E-state index is 12.9. The van der Waals surface area contributed by atoms with Crippen LogP contribution in [-0.2, 0) is 4.79 Å². The van der Waals surface area contributed by atoms with E-state index in [9.17, 15) is 4.79 Å². The summed E-state index contributed by atoms with van der Waals surface area (Å²) in [4.78, 5) is 20.0. The fourth-order valence-corrected chi connectivity index (χ4v) is 3.86. The number of aryl methyl sites for hydroxylation is 1. The molecule has 1 aliphatic heterocycles. The molecule has 146 valence electrons. The van der Waals surface area contributed by atoms with Crippen molar-refractivity contribution >= 4 is 34.6 Å². The summed E-state index contributed by atoms with van der Waals surface area (Å²) in [5.74, 6) is 1.27. The molecule has 1 fully saturated rings. The van der Waals surface area contributed by atoms with Gasteiger partial charge in [0, 0.05) is 6.54 Å². The summed E-state index contributed by atoms with van der Waals surface area (Å²) in [7, 11) is 3.20. The monoisotopic (exact) mass is 396 g/mol. The second-order valence-corrected chi connectivity index (χ2v) is 7.42. The molecule has 0 aromatic heterocycles. The van der Waals surface area contributed by atoms with Gasteiger partial charge in [0.05, 0.1) is 24.8 Å². The van der Waals surface area contributed by atoms with E-state index in [2.05, 4.69) is 6.92 Å². The van der Waals surface area contributed by atoms with E-state index >= 15 is 0 Å². The van der Waals surface area contributed by atoms with Gasteiger partial charge in [0.1, 0.15) is 0 Å². The van der Waals surface area contributed by atoms with Gasteiger partial charge >= 0.3 is 0 Å². The van der Waals surface area contributed by atoms with Gasteiger partial charge in [0.15, 0.2) is 16.7 Å². The molecule has 0 aliphatic carbocycles. The fourth-order valence-electron chi connectivity index (χ4n) is 2.84. The smallest absolute Gasteiger partial charge is 0.266 e. The van der Waals surface area contributed by atoms with E-state index in [0.29, 0.717) is 28.1 Å². The zero-order chi connectivity index (χ0) is 20.1. The van der Waals surface area contributed by atoms with E-state index in [0.717, 1.165) is 17.7 Å². The number of hydrogen-bond donors (Lipinski definition) is 0. The molecule has 0 bridgehead atoms. The zero-order valence-electron chi connectivity index (χ0n) is 16.6. The molecule has 0 atom stereocenters. The Morgan fingerprint density at radius 2 is 1.79 bits per heavy atom. The van der Waals surface area contributed by atoms with Gasteiger partial charge in [-0.05, 0) is 61.0 Å². The second kappa shape index (κ2) is 8.97. The molecule has 28 heavy (non-hydrogen) atoms. The van der Waals surface area contributed by atoms with Crippen LogP contribution >= 0.6 is 11.8 Å². The molecule has 1 amide bonds. The summed E-state index contributed by atoms with van der Waals surface area (Å²) >= 11 is 1.40. The average molecular weight is 397 g/mol. The predicted octanol–water partition coefficient (Wildman–Crippen LogP) is 5.03. The van der Waals surface area contributed by atoms with Crippen molar-refractivity contribution in [1.29, 1.82) is 0 Å². The number of thioether (sulfide) groups is 1. The Bertz CT molecular complexity index is 920. The number of amidine groups is 1. The molecule has 1 heterocycles. The molecule has 2 aromatic rings. The third kappa shape index (κ3) is 4.39. The Morgan fingerprint density at radius 1 is 1.07 bits per heavy atom. The highest BCUT2D eigenvalue weighted by Crippen LogP contribution is 2.35. The Kier molecular flexibility index (Phi) is 6.41. The number of carbonyl (C=O) groups is 1. The van der Waals surface area contributed by atoms with Crippen LogP contribution in [0, 0.1) is 6.92 Å². The summed E-state index contributed by atoms with van der Waals surface area (Å²) in [6, 6.07) is 13.6. The molecular weight excluding hydrogens is 372 g/mol. The van der Waals surface area contributed by atoms with E-state index in [1.54, 1.807) is 19.1 Å². The molecule has 2 aromatic carbocycles. The van der Waals surface area contributed by atoms with Crippen LogP contribution in [-0.4, -0.2) is 36.7 Å². The van der Waals surface area contributed by atoms with Gasteiger partial charge in [-0.1, -0.05) is 30.7 Å². The standard InChI is InChI=1S/C22H24N2O3S/c1-5-12-24-21(25)20(14-16-8-11-18(26-3)19(13-16)27-4)28-22(24)23-17-9-6-15(2)7-10-17/h6-11,13-14H,5,12H2,1-4H3/b20-14+,23-22?. The molecular formula is C22H24N2O3S. The van der Waals surface area contributed by atoms with Crippen molar-refractivity contribution < 1.29 is 14.3 Å². The van der Waals surface area contributed by atoms with Crippen molar-refractivity contribution in [2.75, 3.05) is 20.8 Å². The lowest BCUT2D eigenvalue weighted by Crippen LogP contribution is -2.29. The number of ether oxygens (including phenoxy) is 2. The first-order valence-electron chi connectivity index (χ1n) is 9.14. The van der Waals surface area contributed by atoms with Crippen molar-refractivity contribution in [2.45, 2.75) is 20.3 Å². The van der Waals surface area contributed by atoms with Crippen molar-refractivity contribution in [3.63, 3.8) is 0 Å². The molecule has 1 aliphatic rings. The van der Waals surface area contributed by atoms with Gasteiger partial charge in [0.2, 0.25) is 0 Å². The lowest BCUT2D eigenvalue weighted by Gasteiger charge is -2.14. The SMILES string of the molecule is CCCN1C(=O)/C(=C\c2ccc(OC)c(OC)c2)SC1=Nc1ccc(C)cc1. The van der Waals surface area contributed by atoms with Crippen LogP contribution in [0.1, 0.15) is 24.5 Å². The normalized spacial score (nSPS) is 16.9. The molecule has 1 saturated heterocycles. The molecule has 0 unspecified atom stereocenters. The minimum Gasteiger partial charge on any atom is -0.493 e. The van der Waals surface area contributed by atoms with Crippen LogP contribution in [0.2, 0.25) is 0 Å². The van der Waals surface area contributed by atoms with Crippen molar-refractivity contribution in [2.24, 2.45) is 4.99 Å². The molecule has 0 N–H and O–H groups in total. The van der Waals surface area contributed by atoms with Crippen molar-refractivity contribution in [1.82, 2.24) is 4.90 Å². The van der Waals surface area contributed by atoms with Crippen LogP contribution in [0.5, 0.6) is 11.5 Å². The van der Waals surface area contributed by atoms with E-state index in [4.69, 9.17) is 14.5 Å². The van der Waals surface area contributed by atoms with Gasteiger partial charge in [-0.2, -0.15) is 0 Å². The second-order valence-electron chi connectivity index (χ2n) is 6.41. The fraction of sp³-hybridized carbons (Fsp3) is 0.273. The number of carbonyl (C=O) groups excluding carboxylic acids is 1. The minimum absolute atomic E-state index is 0.0208. The third-order valence-corrected chi connectivity index (χ3v) is 5.31. The Balaban J connectivity index is 1.93. The van der Waals surface area contributed by atoms with Gasteiger partial charge < -0.3 is 9.47 Å². The Labute approximate surface area is 170 Å². The number of methoxy groups -OCH3 is 2. The largest absolute Gasteiger partial charge is 0.493 e. The highest BCUT2D eigenvalue weighted by molar-refractivity contribution is 8.18. The van der Waals surface area contributed by atoms with E-state index < -0.39 is 0 Å². The van der Waals surface area contributed by atoms with Crippen molar-refractivity contribution in [3.8, 4) is 11.5 Å². The van der Waals surface area contributed by atoms with Gasteiger partial charge in [-0.15, -0.1) is 0 Å². The van der Waals surface area contributed by atoms with Crippen LogP contribution in [0.15, 0.2) is 52.4 Å². The van der Waals surface area contributed by atoms with Crippen LogP contribution in [0.25, 0.3) is 6.08 Å². The van der Waals surface area contributed by atoms with Crippen molar-refractivity contribution in [3.05, 3.63) is 58.5 Å². The predicted molar refractivity (Wildman–Crippen MR) is 115 cm³/mol. The van der Waals surface area contributed by atoms with Gasteiger partial charge in [-0.25, -0.2) is 4.99 Å². The quantitative estimate of drug-likeness (QED) is 0.643. The van der Waals surface area contributed by atoms with Gasteiger partial charge in [-0.3, -0.25) is 9.69 Å². The molecule has 0 radical (unpaired) electrons. The third-order valence-electron chi connectivity index (χ3n) is 4.30. The molecule has 5 nitrogen and oxygen atoms in total. The number of benzene rings is 2. The molecule has 0 saturated carbocycles. The minimum atomic E-state index is -0.0208. The van der Waals surface area contributed by atoms with Gasteiger partial charge in [0.25, 0.3) is 5.91 Å². The van der Waals surface area contributed by atoms with Crippen LogP contribution in [0.3, 0.4) is 0 Å². The number of rotatable bonds is 6. The highest BCUT2D eigenvalue weighted by Gasteiger charge is 2.32. The number of hydrogen-bond acceptors (Lipinski definition) is 5. The van der Waals surface area contributed by atoms with Crippen LogP contribution in [0.4, 0.5) is 5.69 Å². The summed E-state index contributed by atoms with van der Waals surface area (Å²) in [6.07, 6.45) is 2.73. The first-order chi connectivity index (χ1) is 13.5. The Hall–Kier alpha value is -2.73. The highest BCUT2D eigenvalue weighted by atomic mass is 32.2. The molecule has 3 rings (SSSR count). The maximum absolute atomic E-state index is 12.9. The number of nitrogens with zero attached hydrogens (tertiary/aromatic N) is 2. The van der Waals surface area contributed by atoms with E-state index in [-0.39, 0.29) is 5.91 Å². The first-order valence-corrected chi connectivity index (χ1v) is 9.96. The number of aliphatic imine (C=N–C) groups is 1. The summed E-state index contributed by atoms with van der Waals surface area (Å²) in [6.45, 7) is 4.73. The number of amides is 1.